The molecule has 2 rings (SSSR count). The average Bonchev–Trinajstić information content (AvgIpc) is 2.38. The second kappa shape index (κ2) is 4.67. The Balaban J connectivity index is 2.23. The summed E-state index contributed by atoms with van der Waals surface area (Å²) < 4.78 is 0. The van der Waals surface area contributed by atoms with Gasteiger partial charge in [0.25, 0.3) is 0 Å². The van der Waals surface area contributed by atoms with E-state index in [-0.39, 0.29) is 0 Å². The van der Waals surface area contributed by atoms with Gasteiger partial charge in [-0.3, -0.25) is 0 Å². The van der Waals surface area contributed by atoms with Crippen LogP contribution in [0.3, 0.4) is 0 Å². The number of hydrogen-bond acceptors (Lipinski definition) is 3. The van der Waals surface area contributed by atoms with Gasteiger partial charge >= 0.3 is 0 Å². The molecule has 1 saturated heterocycles. The first kappa shape index (κ1) is 12.4. The van der Waals surface area contributed by atoms with Crippen LogP contribution in [0.1, 0.15) is 19.4 Å². The van der Waals surface area contributed by atoms with Crippen molar-refractivity contribution in [3.05, 3.63) is 29.8 Å². The Bertz CT molecular complexity index is 390. The van der Waals surface area contributed by atoms with Gasteiger partial charge in [0.1, 0.15) is 0 Å². The van der Waals surface area contributed by atoms with Crippen molar-refractivity contribution in [2.75, 3.05) is 24.5 Å². The van der Waals surface area contributed by atoms with Gasteiger partial charge in [-0.1, -0.05) is 12.1 Å². The van der Waals surface area contributed by atoms with Crippen LogP contribution in [0.25, 0.3) is 0 Å². The van der Waals surface area contributed by atoms with Crippen molar-refractivity contribution in [3.8, 4) is 0 Å². The Morgan fingerprint density at radius 1 is 1.47 bits per heavy atom. The molecule has 1 aromatic carbocycles. The summed E-state index contributed by atoms with van der Waals surface area (Å²) in [6.07, 6.45) is 0. The molecule has 17 heavy (non-hydrogen) atoms. The highest BCUT2D eigenvalue weighted by Gasteiger charge is 2.29. The Labute approximate surface area is 103 Å². The molecule has 2 N–H and O–H groups in total. The highest BCUT2D eigenvalue weighted by atomic mass is 16.3. The van der Waals surface area contributed by atoms with Gasteiger partial charge in [-0.05, 0) is 38.5 Å². The van der Waals surface area contributed by atoms with Crippen LogP contribution < -0.4 is 10.2 Å². The van der Waals surface area contributed by atoms with E-state index in [9.17, 15) is 5.11 Å². The minimum Gasteiger partial charge on any atom is -0.387 e. The monoisotopic (exact) mass is 234 g/mol. The zero-order valence-corrected chi connectivity index (χ0v) is 10.9. The summed E-state index contributed by atoms with van der Waals surface area (Å²) in [6, 6.07) is 8.85. The number of nitrogens with zero attached hydrogens (tertiary/aromatic N) is 1. The van der Waals surface area contributed by atoms with Gasteiger partial charge in [-0.25, -0.2) is 0 Å². The predicted molar refractivity (Wildman–Crippen MR) is 71.5 cm³/mol. The molecule has 3 heteroatoms. The molecular weight excluding hydrogens is 212 g/mol. The van der Waals surface area contributed by atoms with Crippen molar-refractivity contribution in [2.24, 2.45) is 0 Å². The molecule has 0 bridgehead atoms. The minimum absolute atomic E-state index is 0.393. The molecule has 1 aromatic rings. The first-order valence-corrected chi connectivity index (χ1v) is 6.24. The van der Waals surface area contributed by atoms with Crippen LogP contribution in [0.4, 0.5) is 5.69 Å². The molecule has 0 radical (unpaired) electrons. The molecule has 1 aliphatic heterocycles. The molecule has 3 nitrogen and oxygen atoms in total. The Kier molecular flexibility index (Phi) is 3.40. The van der Waals surface area contributed by atoms with Crippen LogP contribution in [0.5, 0.6) is 0 Å². The Morgan fingerprint density at radius 2 is 2.24 bits per heavy atom. The summed E-state index contributed by atoms with van der Waals surface area (Å²) in [7, 11) is 0. The molecule has 0 aliphatic carbocycles. The first-order valence-electron chi connectivity index (χ1n) is 6.24. The van der Waals surface area contributed by atoms with Gasteiger partial charge in [0.15, 0.2) is 0 Å². The molecule has 0 spiro atoms. The molecular formula is C14H22N2O. The number of rotatable bonds is 1. The second-order valence-electron chi connectivity index (χ2n) is 5.50. The standard InChI is InChI=1S/C14H22N2O/c1-11-5-4-6-13(7-11)16-8-12(2)15-9-14(3,17)10-16/h4-7,12,15,17H,8-10H2,1-3H3. The van der Waals surface area contributed by atoms with E-state index in [1.807, 2.05) is 6.92 Å². The van der Waals surface area contributed by atoms with Gasteiger partial charge in [-0.2, -0.15) is 0 Å². The van der Waals surface area contributed by atoms with Crippen molar-refractivity contribution in [3.63, 3.8) is 0 Å². The lowest BCUT2D eigenvalue weighted by atomic mass is 10.1. The Morgan fingerprint density at radius 3 is 2.94 bits per heavy atom. The van der Waals surface area contributed by atoms with E-state index in [1.165, 1.54) is 11.3 Å². The van der Waals surface area contributed by atoms with E-state index in [4.69, 9.17) is 0 Å². The van der Waals surface area contributed by atoms with Crippen LogP contribution in [0.15, 0.2) is 24.3 Å². The maximum Gasteiger partial charge on any atom is 0.0917 e. The van der Waals surface area contributed by atoms with E-state index in [2.05, 4.69) is 48.3 Å². The van der Waals surface area contributed by atoms with Crippen LogP contribution in [-0.4, -0.2) is 36.4 Å². The molecule has 0 amide bonds. The number of benzene rings is 1. The lowest BCUT2D eigenvalue weighted by Crippen LogP contribution is -2.43. The maximum atomic E-state index is 10.3. The third-order valence-electron chi connectivity index (χ3n) is 3.22. The third kappa shape index (κ3) is 3.20. The molecule has 0 saturated carbocycles. The average molecular weight is 234 g/mol. The summed E-state index contributed by atoms with van der Waals surface area (Å²) >= 11 is 0. The lowest BCUT2D eigenvalue weighted by Gasteiger charge is -2.30. The van der Waals surface area contributed by atoms with E-state index in [1.54, 1.807) is 0 Å². The van der Waals surface area contributed by atoms with E-state index >= 15 is 0 Å². The van der Waals surface area contributed by atoms with E-state index in [0.717, 1.165) is 6.54 Å². The summed E-state index contributed by atoms with van der Waals surface area (Å²) in [5, 5.41) is 13.6. The lowest BCUT2D eigenvalue weighted by molar-refractivity contribution is 0.0718. The summed E-state index contributed by atoms with van der Waals surface area (Å²) in [4.78, 5) is 2.26. The molecule has 94 valence electrons. The van der Waals surface area contributed by atoms with Crippen LogP contribution >= 0.6 is 0 Å². The van der Waals surface area contributed by atoms with Crippen LogP contribution in [-0.2, 0) is 0 Å². The first-order chi connectivity index (χ1) is 7.96. The largest absolute Gasteiger partial charge is 0.387 e. The van der Waals surface area contributed by atoms with E-state index < -0.39 is 5.60 Å². The molecule has 2 unspecified atom stereocenters. The van der Waals surface area contributed by atoms with Gasteiger partial charge in [0.2, 0.25) is 0 Å². The predicted octanol–water partition coefficient (Wildman–Crippen LogP) is 1.54. The van der Waals surface area contributed by atoms with Crippen molar-refractivity contribution in [1.29, 1.82) is 0 Å². The van der Waals surface area contributed by atoms with Crippen molar-refractivity contribution < 1.29 is 5.11 Å². The van der Waals surface area contributed by atoms with E-state index in [0.29, 0.717) is 19.1 Å². The molecule has 0 aromatic heterocycles. The third-order valence-corrected chi connectivity index (χ3v) is 3.22. The topological polar surface area (TPSA) is 35.5 Å². The van der Waals surface area contributed by atoms with Gasteiger partial charge in [-0.15, -0.1) is 0 Å². The fraction of sp³-hybridized carbons (Fsp3) is 0.571. The quantitative estimate of drug-likeness (QED) is 0.774. The van der Waals surface area contributed by atoms with Crippen molar-refractivity contribution in [1.82, 2.24) is 5.32 Å². The van der Waals surface area contributed by atoms with Crippen molar-refractivity contribution >= 4 is 5.69 Å². The number of hydrogen-bond donors (Lipinski definition) is 2. The zero-order chi connectivity index (χ0) is 12.5. The molecule has 1 heterocycles. The van der Waals surface area contributed by atoms with Crippen LogP contribution in [0.2, 0.25) is 0 Å². The maximum absolute atomic E-state index is 10.3. The zero-order valence-electron chi connectivity index (χ0n) is 10.9. The fourth-order valence-electron chi connectivity index (χ4n) is 2.34. The number of β-amino-alcohol motifs (C(OH)–C–C–N with tert-alkyl or cyclic N) is 1. The van der Waals surface area contributed by atoms with Gasteiger partial charge in [0, 0.05) is 31.4 Å². The fourth-order valence-corrected chi connectivity index (χ4v) is 2.34. The number of aliphatic hydroxyl groups is 1. The number of nitrogens with one attached hydrogen (secondary N) is 1. The smallest absolute Gasteiger partial charge is 0.0917 e. The minimum atomic E-state index is -0.672. The van der Waals surface area contributed by atoms with Gasteiger partial charge < -0.3 is 15.3 Å². The SMILES string of the molecule is Cc1cccc(N2CC(C)NCC(C)(O)C2)c1. The van der Waals surface area contributed by atoms with Gasteiger partial charge in [0.05, 0.1) is 5.60 Å². The summed E-state index contributed by atoms with van der Waals surface area (Å²) in [6.45, 7) is 8.40. The Hall–Kier alpha value is -1.06. The summed E-state index contributed by atoms with van der Waals surface area (Å²) in [5.74, 6) is 0. The van der Waals surface area contributed by atoms with Crippen LogP contribution in [0, 0.1) is 6.92 Å². The number of anilines is 1. The highest BCUT2D eigenvalue weighted by molar-refractivity contribution is 5.49. The normalized spacial score (nSPS) is 30.1. The summed E-state index contributed by atoms with van der Waals surface area (Å²) in [5.41, 5.74) is 1.78. The van der Waals surface area contributed by atoms with Crippen molar-refractivity contribution in [2.45, 2.75) is 32.4 Å². The molecule has 1 fully saturated rings. The number of aryl methyl sites for hydroxylation is 1. The molecule has 1 aliphatic rings. The highest BCUT2D eigenvalue weighted by Crippen LogP contribution is 2.20. The molecule has 2 atom stereocenters. The second-order valence-corrected chi connectivity index (χ2v) is 5.50.